The van der Waals surface area contributed by atoms with E-state index < -0.39 is 0 Å². The van der Waals surface area contributed by atoms with E-state index in [1.807, 2.05) is 45.9 Å². The van der Waals surface area contributed by atoms with E-state index in [2.05, 4.69) is 15.4 Å². The molecule has 0 radical (unpaired) electrons. The molecule has 134 valence electrons. The second-order valence-electron chi connectivity index (χ2n) is 6.52. The molecule has 0 aliphatic carbocycles. The van der Waals surface area contributed by atoms with Gasteiger partial charge in [-0.05, 0) is 46.8 Å². The highest BCUT2D eigenvalue weighted by molar-refractivity contribution is 5.96. The van der Waals surface area contributed by atoms with Gasteiger partial charge in [0.25, 0.3) is 0 Å². The van der Waals surface area contributed by atoms with Crippen LogP contribution in [0.3, 0.4) is 0 Å². The molecule has 2 aromatic heterocycles. The van der Waals surface area contributed by atoms with E-state index in [1.54, 1.807) is 4.68 Å². The summed E-state index contributed by atoms with van der Waals surface area (Å²) in [6, 6.07) is 5.91. The second-order valence-corrected chi connectivity index (χ2v) is 6.52. The molecule has 1 atom stereocenters. The molecule has 0 spiro atoms. The molecule has 0 aliphatic rings. The summed E-state index contributed by atoms with van der Waals surface area (Å²) in [4.78, 5) is 28.3. The minimum absolute atomic E-state index is 0.00461. The Morgan fingerprint density at radius 3 is 2.56 bits per heavy atom. The number of amides is 1. The second kappa shape index (κ2) is 8.05. The van der Waals surface area contributed by atoms with Gasteiger partial charge in [0.2, 0.25) is 5.91 Å². The van der Waals surface area contributed by atoms with Crippen molar-refractivity contribution in [2.75, 3.05) is 0 Å². The van der Waals surface area contributed by atoms with Gasteiger partial charge in [0, 0.05) is 42.5 Å². The average molecular weight is 342 g/mol. The Kier molecular flexibility index (Phi) is 6.07. The molecule has 1 amide bonds. The number of pyridine rings is 1. The molecule has 2 rings (SSSR count). The molecule has 25 heavy (non-hydrogen) atoms. The highest BCUT2D eigenvalue weighted by atomic mass is 16.1. The van der Waals surface area contributed by atoms with E-state index >= 15 is 0 Å². The van der Waals surface area contributed by atoms with Crippen LogP contribution in [0.1, 0.15) is 53.4 Å². The fourth-order valence-corrected chi connectivity index (χ4v) is 3.06. The van der Waals surface area contributed by atoms with Gasteiger partial charge in [-0.1, -0.05) is 6.07 Å². The number of nitrogens with zero attached hydrogens (tertiary/aromatic N) is 3. The zero-order valence-corrected chi connectivity index (χ0v) is 15.6. The Bertz CT molecular complexity index is 780. The zero-order chi connectivity index (χ0) is 18.6. The van der Waals surface area contributed by atoms with Crippen molar-refractivity contribution in [3.63, 3.8) is 0 Å². The standard InChI is InChI=1S/C19H26N4O2/c1-12-7-6-8-17(20-12)11-13(2)21-18(25)9-10-23-15(4)19(16(5)24)14(3)22-23/h6-8,13H,9-11H2,1-5H3,(H,21,25). The Hall–Kier alpha value is -2.50. The van der Waals surface area contributed by atoms with Gasteiger partial charge in [-0.2, -0.15) is 5.10 Å². The molecule has 6 heteroatoms. The maximum atomic E-state index is 12.2. The van der Waals surface area contributed by atoms with Gasteiger partial charge >= 0.3 is 0 Å². The van der Waals surface area contributed by atoms with Crippen molar-refractivity contribution in [3.05, 3.63) is 46.5 Å². The van der Waals surface area contributed by atoms with Crippen molar-refractivity contribution in [3.8, 4) is 0 Å². The third-order valence-electron chi connectivity index (χ3n) is 4.15. The summed E-state index contributed by atoms with van der Waals surface area (Å²) in [5.41, 5.74) is 4.12. The number of ketones is 1. The molecule has 2 aromatic rings. The molecule has 0 fully saturated rings. The van der Waals surface area contributed by atoms with Gasteiger partial charge < -0.3 is 5.32 Å². The van der Waals surface area contributed by atoms with Crippen LogP contribution in [0.5, 0.6) is 0 Å². The van der Waals surface area contributed by atoms with Gasteiger partial charge in [-0.3, -0.25) is 19.3 Å². The highest BCUT2D eigenvalue weighted by Crippen LogP contribution is 2.14. The number of nitrogens with one attached hydrogen (secondary N) is 1. The third kappa shape index (κ3) is 4.98. The third-order valence-corrected chi connectivity index (χ3v) is 4.15. The quantitative estimate of drug-likeness (QED) is 0.785. The first-order chi connectivity index (χ1) is 11.8. The first-order valence-corrected chi connectivity index (χ1v) is 8.54. The maximum Gasteiger partial charge on any atom is 0.222 e. The normalized spacial score (nSPS) is 12.0. The lowest BCUT2D eigenvalue weighted by atomic mass is 10.1. The van der Waals surface area contributed by atoms with Crippen molar-refractivity contribution in [1.82, 2.24) is 20.1 Å². The largest absolute Gasteiger partial charge is 0.353 e. The van der Waals surface area contributed by atoms with Crippen molar-refractivity contribution < 1.29 is 9.59 Å². The van der Waals surface area contributed by atoms with Crippen molar-refractivity contribution in [2.45, 2.75) is 60.0 Å². The van der Waals surface area contributed by atoms with Gasteiger partial charge in [0.05, 0.1) is 11.3 Å². The minimum atomic E-state index is -0.0305. The number of Topliss-reactive ketones (excluding diaryl/α,β-unsaturated/α-hetero) is 1. The molecular weight excluding hydrogens is 316 g/mol. The smallest absolute Gasteiger partial charge is 0.222 e. The molecular formula is C19H26N4O2. The van der Waals surface area contributed by atoms with E-state index in [1.165, 1.54) is 6.92 Å². The van der Waals surface area contributed by atoms with Crippen molar-refractivity contribution in [2.24, 2.45) is 0 Å². The van der Waals surface area contributed by atoms with Crippen LogP contribution in [0.4, 0.5) is 0 Å². The first kappa shape index (κ1) is 18.8. The van der Waals surface area contributed by atoms with Gasteiger partial charge in [-0.15, -0.1) is 0 Å². The fourth-order valence-electron chi connectivity index (χ4n) is 3.06. The van der Waals surface area contributed by atoms with Gasteiger partial charge in [0.1, 0.15) is 0 Å². The topological polar surface area (TPSA) is 76.9 Å². The molecule has 0 saturated carbocycles. The van der Waals surface area contributed by atoms with Crippen LogP contribution in [-0.4, -0.2) is 32.5 Å². The number of carbonyl (C=O) groups is 2. The number of carbonyl (C=O) groups excluding carboxylic acids is 2. The minimum Gasteiger partial charge on any atom is -0.353 e. The number of hydrogen-bond donors (Lipinski definition) is 1. The lowest BCUT2D eigenvalue weighted by Gasteiger charge is -2.14. The molecule has 0 saturated heterocycles. The monoisotopic (exact) mass is 342 g/mol. The van der Waals surface area contributed by atoms with E-state index in [4.69, 9.17) is 0 Å². The Morgan fingerprint density at radius 2 is 1.96 bits per heavy atom. The molecule has 1 N–H and O–H groups in total. The van der Waals surface area contributed by atoms with Crippen LogP contribution in [0, 0.1) is 20.8 Å². The van der Waals surface area contributed by atoms with Crippen LogP contribution in [-0.2, 0) is 17.8 Å². The summed E-state index contributed by atoms with van der Waals surface area (Å²) in [5.74, 6) is -0.0259. The lowest BCUT2D eigenvalue weighted by molar-refractivity contribution is -0.121. The zero-order valence-electron chi connectivity index (χ0n) is 15.6. The molecule has 6 nitrogen and oxygen atoms in total. The van der Waals surface area contributed by atoms with Gasteiger partial charge in [0.15, 0.2) is 5.78 Å². The SMILES string of the molecule is CC(=O)c1c(C)nn(CCC(=O)NC(C)Cc2cccc(C)n2)c1C. The Morgan fingerprint density at radius 1 is 1.24 bits per heavy atom. The van der Waals surface area contributed by atoms with Crippen LogP contribution in [0.2, 0.25) is 0 Å². The number of aromatic nitrogens is 3. The number of rotatable bonds is 7. The molecule has 0 aliphatic heterocycles. The lowest BCUT2D eigenvalue weighted by Crippen LogP contribution is -2.34. The Labute approximate surface area is 148 Å². The fraction of sp³-hybridized carbons (Fsp3) is 0.474. The predicted molar refractivity (Wildman–Crippen MR) is 96.6 cm³/mol. The van der Waals surface area contributed by atoms with Crippen molar-refractivity contribution in [1.29, 1.82) is 0 Å². The van der Waals surface area contributed by atoms with E-state index in [0.717, 1.165) is 17.1 Å². The van der Waals surface area contributed by atoms with Gasteiger partial charge in [-0.25, -0.2) is 0 Å². The van der Waals surface area contributed by atoms with Crippen LogP contribution >= 0.6 is 0 Å². The number of hydrogen-bond acceptors (Lipinski definition) is 4. The van der Waals surface area contributed by atoms with Crippen molar-refractivity contribution >= 4 is 11.7 Å². The van der Waals surface area contributed by atoms with Crippen LogP contribution in [0.25, 0.3) is 0 Å². The maximum absolute atomic E-state index is 12.2. The van der Waals surface area contributed by atoms with E-state index in [9.17, 15) is 9.59 Å². The molecule has 0 aromatic carbocycles. The number of aryl methyl sites for hydroxylation is 3. The summed E-state index contributed by atoms with van der Waals surface area (Å²) in [6.07, 6.45) is 1.02. The predicted octanol–water partition coefficient (Wildman–Crippen LogP) is 2.54. The van der Waals surface area contributed by atoms with E-state index in [-0.39, 0.29) is 17.7 Å². The highest BCUT2D eigenvalue weighted by Gasteiger charge is 2.16. The molecule has 2 heterocycles. The molecule has 0 bridgehead atoms. The molecule has 1 unspecified atom stereocenters. The summed E-state index contributed by atoms with van der Waals surface area (Å²) in [6.45, 7) is 9.60. The van der Waals surface area contributed by atoms with E-state index in [0.29, 0.717) is 30.6 Å². The Balaban J connectivity index is 1.88. The average Bonchev–Trinajstić information content (AvgIpc) is 2.79. The first-order valence-electron chi connectivity index (χ1n) is 8.54. The summed E-state index contributed by atoms with van der Waals surface area (Å²) < 4.78 is 1.73. The summed E-state index contributed by atoms with van der Waals surface area (Å²) in [7, 11) is 0. The van der Waals surface area contributed by atoms with Crippen LogP contribution in [0.15, 0.2) is 18.2 Å². The summed E-state index contributed by atoms with van der Waals surface area (Å²) in [5, 5.41) is 7.36. The summed E-state index contributed by atoms with van der Waals surface area (Å²) >= 11 is 0. The van der Waals surface area contributed by atoms with Crippen LogP contribution < -0.4 is 5.32 Å².